The molecule has 0 amide bonds. The fraction of sp³-hybridized carbons (Fsp3) is 0.350. The average Bonchev–Trinajstić information content (AvgIpc) is 3.17. The minimum atomic E-state index is -0.450. The number of rotatable bonds is 6. The van der Waals surface area contributed by atoms with Crippen LogP contribution in [0.3, 0.4) is 0 Å². The van der Waals surface area contributed by atoms with Gasteiger partial charge in [0, 0.05) is 37.1 Å². The molecule has 10 heteroatoms. The van der Waals surface area contributed by atoms with Gasteiger partial charge in [0.15, 0.2) is 0 Å². The van der Waals surface area contributed by atoms with Crippen LogP contribution in [0.2, 0.25) is 5.02 Å². The monoisotopic (exact) mass is 449 g/mol. The Morgan fingerprint density at radius 2 is 2.17 bits per heavy atom. The van der Waals surface area contributed by atoms with E-state index in [0.717, 1.165) is 17.6 Å². The van der Waals surface area contributed by atoms with Gasteiger partial charge in [-0.2, -0.15) is 5.10 Å². The molecule has 2 aromatic heterocycles. The molecule has 1 saturated carbocycles. The van der Waals surface area contributed by atoms with Gasteiger partial charge in [0.05, 0.1) is 16.0 Å². The Morgan fingerprint density at radius 1 is 1.30 bits per heavy atom. The van der Waals surface area contributed by atoms with Crippen molar-refractivity contribution in [2.75, 3.05) is 4.72 Å². The van der Waals surface area contributed by atoms with Crippen molar-refractivity contribution in [3.8, 4) is 5.75 Å². The first-order valence-corrected chi connectivity index (χ1v) is 10.7. The van der Waals surface area contributed by atoms with Crippen LogP contribution in [-0.2, 0) is 7.05 Å². The van der Waals surface area contributed by atoms with E-state index in [4.69, 9.17) is 16.3 Å². The molecule has 158 valence electrons. The molecule has 0 bridgehead atoms. The zero-order valence-corrected chi connectivity index (χ0v) is 17.8. The second-order valence-electron chi connectivity index (χ2n) is 7.12. The summed E-state index contributed by atoms with van der Waals surface area (Å²) in [5.41, 5.74) is 0.969. The van der Waals surface area contributed by atoms with Crippen LogP contribution in [0.15, 0.2) is 47.9 Å². The molecule has 7 nitrogen and oxygen atoms in total. The summed E-state index contributed by atoms with van der Waals surface area (Å²) in [4.78, 5) is 8.20. The maximum atomic E-state index is 14.7. The van der Waals surface area contributed by atoms with Crippen molar-refractivity contribution in [3.63, 3.8) is 0 Å². The molecule has 0 aliphatic heterocycles. The van der Waals surface area contributed by atoms with Gasteiger partial charge in [-0.25, -0.2) is 14.4 Å². The lowest BCUT2D eigenvalue weighted by Gasteiger charge is -2.34. The van der Waals surface area contributed by atoms with Crippen LogP contribution in [0.1, 0.15) is 30.9 Å². The predicted octanol–water partition coefficient (Wildman–Crippen LogP) is 4.20. The Morgan fingerprint density at radius 3 is 2.90 bits per heavy atom. The molecule has 1 fully saturated rings. The van der Waals surface area contributed by atoms with E-state index in [-0.39, 0.29) is 17.8 Å². The summed E-state index contributed by atoms with van der Waals surface area (Å²) in [6.45, 7) is 0. The van der Waals surface area contributed by atoms with E-state index in [0.29, 0.717) is 35.0 Å². The zero-order valence-electron chi connectivity index (χ0n) is 16.2. The topological polar surface area (TPSA) is 85.1 Å². The lowest BCUT2D eigenvalue weighted by molar-refractivity contribution is 0.0462. The number of anilines is 1. The van der Waals surface area contributed by atoms with Gasteiger partial charge < -0.3 is 14.6 Å². The van der Waals surface area contributed by atoms with E-state index in [1.807, 2.05) is 13.1 Å². The van der Waals surface area contributed by atoms with Crippen LogP contribution in [-0.4, -0.2) is 37.1 Å². The highest BCUT2D eigenvalue weighted by molar-refractivity contribution is 8.00. The molecule has 1 aliphatic rings. The number of aromatic nitrogens is 4. The number of aryl methyl sites for hydroxylation is 1. The van der Waals surface area contributed by atoms with E-state index >= 15 is 0 Å². The molecule has 1 aliphatic carbocycles. The molecule has 3 atom stereocenters. The van der Waals surface area contributed by atoms with Gasteiger partial charge in [0.1, 0.15) is 29.8 Å². The lowest BCUT2D eigenvalue weighted by atomic mass is 9.82. The number of hydrogen-bond donors (Lipinski definition) is 2. The van der Waals surface area contributed by atoms with Crippen molar-refractivity contribution in [2.45, 2.75) is 42.3 Å². The fourth-order valence-electron chi connectivity index (χ4n) is 3.62. The second kappa shape index (κ2) is 9.20. The molecule has 3 aromatic rings. The largest absolute Gasteiger partial charge is 0.488 e. The van der Waals surface area contributed by atoms with Crippen LogP contribution in [0.25, 0.3) is 0 Å². The summed E-state index contributed by atoms with van der Waals surface area (Å²) >= 11 is 7.48. The van der Waals surface area contributed by atoms with Gasteiger partial charge in [-0.1, -0.05) is 11.6 Å². The van der Waals surface area contributed by atoms with E-state index in [1.165, 1.54) is 18.5 Å². The number of benzene rings is 1. The number of halogens is 2. The molecule has 0 radical (unpaired) electrons. The number of ether oxygens (including phenoxy) is 1. The summed E-state index contributed by atoms with van der Waals surface area (Å²) < 4.78 is 25.6. The Balaban J connectivity index is 1.50. The molecule has 4 rings (SSSR count). The standard InChI is InChI=1S/C20H21ClFN5O2S/c1-27-16(4-7-25-27)13-8-12(28)2-3-17(13)29-18-10-15(22)19(9-14(18)21)30-26-20-5-6-23-11-24-20/h4-7,9-13,17,28H,2-3,8H2,1H3,(H,23,24,26)/t12?,13?,17-/m0/s1. The van der Waals surface area contributed by atoms with Gasteiger partial charge in [-0.05, 0) is 49.4 Å². The highest BCUT2D eigenvalue weighted by atomic mass is 35.5. The zero-order chi connectivity index (χ0) is 21.1. The van der Waals surface area contributed by atoms with Crippen molar-refractivity contribution < 1.29 is 14.2 Å². The van der Waals surface area contributed by atoms with Crippen LogP contribution in [0.5, 0.6) is 5.75 Å². The summed E-state index contributed by atoms with van der Waals surface area (Å²) in [5, 5.41) is 14.7. The third kappa shape index (κ3) is 4.69. The van der Waals surface area contributed by atoms with E-state index < -0.39 is 11.9 Å². The van der Waals surface area contributed by atoms with Gasteiger partial charge in [0.2, 0.25) is 0 Å². The molecule has 0 saturated heterocycles. The highest BCUT2D eigenvalue weighted by Gasteiger charge is 2.34. The van der Waals surface area contributed by atoms with Crippen LogP contribution in [0, 0.1) is 5.82 Å². The molecule has 2 heterocycles. The van der Waals surface area contributed by atoms with E-state index in [1.54, 1.807) is 23.1 Å². The maximum absolute atomic E-state index is 14.7. The molecule has 0 spiro atoms. The molecular weight excluding hydrogens is 429 g/mol. The average molecular weight is 450 g/mol. The lowest BCUT2D eigenvalue weighted by Crippen LogP contribution is -2.35. The highest BCUT2D eigenvalue weighted by Crippen LogP contribution is 2.39. The Bertz CT molecular complexity index is 1010. The molecular formula is C20H21ClFN5O2S. The quantitative estimate of drug-likeness (QED) is 0.545. The normalized spacial score (nSPS) is 21.4. The molecule has 2 unspecified atom stereocenters. The predicted molar refractivity (Wildman–Crippen MR) is 113 cm³/mol. The third-order valence-corrected chi connectivity index (χ3v) is 6.25. The number of aliphatic hydroxyl groups is 1. The Hall–Kier alpha value is -2.36. The number of nitrogens with one attached hydrogen (secondary N) is 1. The molecule has 2 N–H and O–H groups in total. The number of aliphatic hydroxyl groups excluding tert-OH is 1. The first-order valence-electron chi connectivity index (χ1n) is 9.52. The van der Waals surface area contributed by atoms with Crippen LogP contribution >= 0.6 is 23.5 Å². The summed E-state index contributed by atoms with van der Waals surface area (Å²) in [5.74, 6) is 0.336. The third-order valence-electron chi connectivity index (χ3n) is 5.11. The summed E-state index contributed by atoms with van der Waals surface area (Å²) in [6.07, 6.45) is 5.90. The second-order valence-corrected chi connectivity index (χ2v) is 8.38. The summed E-state index contributed by atoms with van der Waals surface area (Å²) in [7, 11) is 1.86. The van der Waals surface area contributed by atoms with E-state index in [9.17, 15) is 9.50 Å². The molecule has 1 aromatic carbocycles. The Kier molecular flexibility index (Phi) is 6.40. The van der Waals surface area contributed by atoms with Crippen LogP contribution < -0.4 is 9.46 Å². The minimum Gasteiger partial charge on any atom is -0.488 e. The van der Waals surface area contributed by atoms with Crippen LogP contribution in [0.4, 0.5) is 10.2 Å². The smallest absolute Gasteiger partial charge is 0.142 e. The van der Waals surface area contributed by atoms with E-state index in [2.05, 4.69) is 19.8 Å². The summed E-state index contributed by atoms with van der Waals surface area (Å²) in [6, 6.07) is 6.43. The van der Waals surface area contributed by atoms with Crippen molar-refractivity contribution in [1.82, 2.24) is 19.7 Å². The molecule has 30 heavy (non-hydrogen) atoms. The number of hydrogen-bond acceptors (Lipinski definition) is 7. The van der Waals surface area contributed by atoms with Crippen molar-refractivity contribution in [2.24, 2.45) is 7.05 Å². The Labute approximate surface area is 182 Å². The maximum Gasteiger partial charge on any atom is 0.142 e. The van der Waals surface area contributed by atoms with Gasteiger partial charge in [0.25, 0.3) is 0 Å². The van der Waals surface area contributed by atoms with Crippen molar-refractivity contribution >= 4 is 29.4 Å². The fourth-order valence-corrected chi connectivity index (χ4v) is 4.56. The van der Waals surface area contributed by atoms with Gasteiger partial charge >= 0.3 is 0 Å². The first kappa shape index (κ1) is 20.9. The minimum absolute atomic E-state index is 0.0612. The van der Waals surface area contributed by atoms with Gasteiger partial charge in [-0.3, -0.25) is 4.68 Å². The van der Waals surface area contributed by atoms with Gasteiger partial charge in [-0.15, -0.1) is 0 Å². The first-order chi connectivity index (χ1) is 14.5. The number of nitrogens with zero attached hydrogens (tertiary/aromatic N) is 4. The van der Waals surface area contributed by atoms with Crippen molar-refractivity contribution in [3.05, 3.63) is 59.5 Å². The SMILES string of the molecule is Cn1nccc1C1CC(O)CC[C@@H]1Oc1cc(F)c(SNc2ccncn2)cc1Cl. The van der Waals surface area contributed by atoms with Crippen molar-refractivity contribution in [1.29, 1.82) is 0 Å².